The van der Waals surface area contributed by atoms with Crippen molar-refractivity contribution in [2.75, 3.05) is 11.6 Å². The molecule has 0 aliphatic heterocycles. The third-order valence-electron chi connectivity index (χ3n) is 6.16. The van der Waals surface area contributed by atoms with Gasteiger partial charge in [-0.1, -0.05) is 58.1 Å². The van der Waals surface area contributed by atoms with Gasteiger partial charge in [0.2, 0.25) is 5.91 Å². The van der Waals surface area contributed by atoms with E-state index in [9.17, 15) is 9.59 Å². The Morgan fingerprint density at radius 3 is 2.39 bits per heavy atom. The first-order valence-corrected chi connectivity index (χ1v) is 11.9. The number of hydrogen-bond donors (Lipinski definition) is 1. The van der Waals surface area contributed by atoms with E-state index in [4.69, 9.17) is 4.74 Å². The van der Waals surface area contributed by atoms with Gasteiger partial charge in [0.1, 0.15) is 0 Å². The molecule has 1 amide bonds. The van der Waals surface area contributed by atoms with Crippen LogP contribution in [-0.2, 0) is 9.59 Å². The third-order valence-corrected chi connectivity index (χ3v) is 7.06. The first-order chi connectivity index (χ1) is 13.5. The molecule has 1 aliphatic rings. The average Bonchev–Trinajstić information content (AvgIpc) is 2.73. The van der Waals surface area contributed by atoms with Gasteiger partial charge in [-0.2, -0.15) is 11.8 Å². The average molecular weight is 406 g/mol. The van der Waals surface area contributed by atoms with Gasteiger partial charge in [0, 0.05) is 5.41 Å². The SMILES string of the molecule is CCC(CC)CC1(C(=O)Nc2ccccc2OC(=O)C(C)SC)CCCCC1. The quantitative estimate of drug-likeness (QED) is 0.401. The maximum Gasteiger partial charge on any atom is 0.324 e. The monoisotopic (exact) mass is 405 g/mol. The van der Waals surface area contributed by atoms with Gasteiger partial charge in [0.05, 0.1) is 10.9 Å². The molecule has 1 fully saturated rings. The third kappa shape index (κ3) is 5.76. The highest BCUT2D eigenvalue weighted by molar-refractivity contribution is 7.99. The van der Waals surface area contributed by atoms with Crippen LogP contribution >= 0.6 is 11.8 Å². The minimum atomic E-state index is -0.307. The predicted molar refractivity (Wildman–Crippen MR) is 118 cm³/mol. The topological polar surface area (TPSA) is 55.4 Å². The molecular formula is C23H35NO3S. The number of nitrogens with one attached hydrogen (secondary N) is 1. The number of hydrogen-bond acceptors (Lipinski definition) is 4. The van der Waals surface area contributed by atoms with Crippen molar-refractivity contribution in [3.05, 3.63) is 24.3 Å². The summed E-state index contributed by atoms with van der Waals surface area (Å²) in [4.78, 5) is 25.6. The summed E-state index contributed by atoms with van der Waals surface area (Å²) in [6.45, 7) is 6.25. The van der Waals surface area contributed by atoms with Crippen molar-refractivity contribution >= 4 is 29.3 Å². The molecule has 0 saturated heterocycles. The fourth-order valence-corrected chi connectivity index (χ4v) is 4.32. The molecule has 1 atom stereocenters. The van der Waals surface area contributed by atoms with E-state index < -0.39 is 0 Å². The Labute approximate surface area is 174 Å². The van der Waals surface area contributed by atoms with Crippen LogP contribution in [0.5, 0.6) is 5.75 Å². The largest absolute Gasteiger partial charge is 0.423 e. The van der Waals surface area contributed by atoms with Crippen LogP contribution in [0.25, 0.3) is 0 Å². The molecule has 0 spiro atoms. The number of para-hydroxylation sites is 2. The molecule has 28 heavy (non-hydrogen) atoms. The van der Waals surface area contributed by atoms with E-state index in [1.165, 1.54) is 18.2 Å². The van der Waals surface area contributed by atoms with Gasteiger partial charge >= 0.3 is 5.97 Å². The van der Waals surface area contributed by atoms with Crippen LogP contribution in [0.3, 0.4) is 0 Å². The second kappa shape index (κ2) is 10.9. The lowest BCUT2D eigenvalue weighted by molar-refractivity contribution is -0.133. The van der Waals surface area contributed by atoms with Gasteiger partial charge in [0.25, 0.3) is 0 Å². The first-order valence-electron chi connectivity index (χ1n) is 10.6. The van der Waals surface area contributed by atoms with Crippen LogP contribution in [0.15, 0.2) is 24.3 Å². The van der Waals surface area contributed by atoms with E-state index in [2.05, 4.69) is 19.2 Å². The maximum absolute atomic E-state index is 13.4. The van der Waals surface area contributed by atoms with Crippen LogP contribution in [0, 0.1) is 11.3 Å². The number of esters is 1. The summed E-state index contributed by atoms with van der Waals surface area (Å²) in [5, 5.41) is 2.87. The number of thioether (sulfide) groups is 1. The minimum Gasteiger partial charge on any atom is -0.423 e. The second-order valence-corrected chi connectivity index (χ2v) is 9.16. The van der Waals surface area contributed by atoms with Gasteiger partial charge < -0.3 is 10.1 Å². The fourth-order valence-electron chi connectivity index (χ4n) is 4.08. The van der Waals surface area contributed by atoms with Gasteiger partial charge in [-0.15, -0.1) is 0 Å². The zero-order valence-electron chi connectivity index (χ0n) is 17.8. The van der Waals surface area contributed by atoms with E-state index in [1.54, 1.807) is 6.07 Å². The molecule has 156 valence electrons. The standard InChI is InChI=1S/C23H35NO3S/c1-5-18(6-2)16-23(14-10-7-11-15-23)22(26)24-19-12-8-9-13-20(19)27-21(25)17(3)28-4/h8-9,12-13,17-18H,5-7,10-11,14-16H2,1-4H3,(H,24,26). The van der Waals surface area contributed by atoms with E-state index in [0.717, 1.165) is 44.9 Å². The second-order valence-electron chi connectivity index (χ2n) is 7.98. The van der Waals surface area contributed by atoms with E-state index >= 15 is 0 Å². The van der Waals surface area contributed by atoms with Crippen molar-refractivity contribution in [3.63, 3.8) is 0 Å². The van der Waals surface area contributed by atoms with E-state index in [-0.39, 0.29) is 22.5 Å². The molecule has 1 aromatic rings. The van der Waals surface area contributed by atoms with Gasteiger partial charge in [-0.3, -0.25) is 9.59 Å². The number of benzene rings is 1. The number of anilines is 1. The lowest BCUT2D eigenvalue weighted by atomic mass is 9.67. The summed E-state index contributed by atoms with van der Waals surface area (Å²) in [7, 11) is 0. The summed E-state index contributed by atoms with van der Waals surface area (Å²) >= 11 is 1.44. The number of amides is 1. The van der Waals surface area contributed by atoms with Gasteiger partial charge in [-0.05, 0) is 50.5 Å². The Bertz CT molecular complexity index is 651. The molecule has 1 saturated carbocycles. The van der Waals surface area contributed by atoms with Crippen molar-refractivity contribution < 1.29 is 14.3 Å². The zero-order chi connectivity index (χ0) is 20.6. The molecule has 5 heteroatoms. The lowest BCUT2D eigenvalue weighted by Gasteiger charge is -2.38. The van der Waals surface area contributed by atoms with Crippen LogP contribution in [0.2, 0.25) is 0 Å². The molecular weight excluding hydrogens is 370 g/mol. The van der Waals surface area contributed by atoms with Crippen molar-refractivity contribution in [3.8, 4) is 5.75 Å². The van der Waals surface area contributed by atoms with Crippen LogP contribution < -0.4 is 10.1 Å². The first kappa shape index (κ1) is 22.8. The molecule has 4 nitrogen and oxygen atoms in total. The normalized spacial score (nSPS) is 17.2. The molecule has 1 N–H and O–H groups in total. The highest BCUT2D eigenvalue weighted by atomic mass is 32.2. The van der Waals surface area contributed by atoms with E-state index in [1.807, 2.05) is 31.4 Å². The summed E-state index contributed by atoms with van der Waals surface area (Å²) < 4.78 is 5.57. The summed E-state index contributed by atoms with van der Waals surface area (Å²) in [5.74, 6) is 0.786. The molecule has 1 aliphatic carbocycles. The Hall–Kier alpha value is -1.49. The van der Waals surface area contributed by atoms with Gasteiger partial charge in [-0.25, -0.2) is 0 Å². The van der Waals surface area contributed by atoms with Crippen molar-refractivity contribution in [2.45, 2.75) is 77.4 Å². The smallest absolute Gasteiger partial charge is 0.324 e. The van der Waals surface area contributed by atoms with Crippen molar-refractivity contribution in [1.29, 1.82) is 0 Å². The maximum atomic E-state index is 13.4. The van der Waals surface area contributed by atoms with Crippen LogP contribution in [0.4, 0.5) is 5.69 Å². The molecule has 1 aromatic carbocycles. The Morgan fingerprint density at radius 2 is 1.79 bits per heavy atom. The molecule has 1 unspecified atom stereocenters. The van der Waals surface area contributed by atoms with E-state index in [0.29, 0.717) is 17.4 Å². The Morgan fingerprint density at radius 1 is 1.14 bits per heavy atom. The number of ether oxygens (including phenoxy) is 1. The Kier molecular flexibility index (Phi) is 8.87. The molecule has 0 heterocycles. The Balaban J connectivity index is 2.20. The van der Waals surface area contributed by atoms with Crippen LogP contribution in [-0.4, -0.2) is 23.4 Å². The number of carbonyl (C=O) groups excluding carboxylic acids is 2. The highest BCUT2D eigenvalue weighted by Gasteiger charge is 2.40. The molecule has 2 rings (SSSR count). The molecule has 0 bridgehead atoms. The minimum absolute atomic E-state index is 0.0838. The van der Waals surface area contributed by atoms with Crippen molar-refractivity contribution in [2.24, 2.45) is 11.3 Å². The fraction of sp³-hybridized carbons (Fsp3) is 0.652. The summed E-state index contributed by atoms with van der Waals surface area (Å²) in [6.07, 6.45) is 10.3. The van der Waals surface area contributed by atoms with Crippen molar-refractivity contribution in [1.82, 2.24) is 0 Å². The van der Waals surface area contributed by atoms with Gasteiger partial charge in [0.15, 0.2) is 5.75 Å². The highest BCUT2D eigenvalue weighted by Crippen LogP contribution is 2.44. The summed E-state index contributed by atoms with van der Waals surface area (Å²) in [5.41, 5.74) is 0.280. The zero-order valence-corrected chi connectivity index (χ0v) is 18.6. The number of rotatable bonds is 9. The summed E-state index contributed by atoms with van der Waals surface area (Å²) in [6, 6.07) is 7.24. The molecule has 0 aromatic heterocycles. The number of carbonyl (C=O) groups is 2. The predicted octanol–water partition coefficient (Wildman–Crippen LogP) is 6.06. The lowest BCUT2D eigenvalue weighted by Crippen LogP contribution is -2.39. The molecule has 0 radical (unpaired) electrons. The van der Waals surface area contributed by atoms with Crippen LogP contribution in [0.1, 0.15) is 72.1 Å².